The van der Waals surface area contributed by atoms with Gasteiger partial charge >= 0.3 is 10.2 Å². The molecule has 2 rings (SSSR count). The molecule has 0 spiro atoms. The number of sulfonamides is 1. The van der Waals surface area contributed by atoms with Crippen molar-refractivity contribution in [3.8, 4) is 0 Å². The lowest BCUT2D eigenvalue weighted by atomic mass is 10.2. The van der Waals surface area contributed by atoms with Crippen LogP contribution in [-0.4, -0.2) is 58.8 Å². The van der Waals surface area contributed by atoms with Crippen LogP contribution in [0.1, 0.15) is 6.92 Å². The lowest BCUT2D eigenvalue weighted by Crippen LogP contribution is -2.51. The van der Waals surface area contributed by atoms with Gasteiger partial charge in [-0.25, -0.2) is 8.42 Å². The van der Waals surface area contributed by atoms with Crippen molar-refractivity contribution >= 4 is 20.2 Å². The molecule has 1 saturated heterocycles. The highest BCUT2D eigenvalue weighted by Gasteiger charge is 2.30. The molecular weight excluding hydrogens is 319 g/mol. The second-order valence-electron chi connectivity index (χ2n) is 5.10. The van der Waals surface area contributed by atoms with Crippen LogP contribution in [0.5, 0.6) is 0 Å². The first kappa shape index (κ1) is 16.3. The molecule has 1 aromatic rings. The summed E-state index contributed by atoms with van der Waals surface area (Å²) in [5, 5.41) is 0. The number of piperazine rings is 1. The molecule has 9 heteroatoms. The average molecular weight is 336 g/mol. The number of hydrogen-bond acceptors (Lipinski definition) is 5. The molecule has 0 radical (unpaired) electrons. The fraction of sp³-hybridized carbons (Fsp3) is 0.500. The van der Waals surface area contributed by atoms with E-state index in [1.54, 1.807) is 0 Å². The van der Waals surface area contributed by atoms with E-state index in [9.17, 15) is 20.7 Å². The van der Waals surface area contributed by atoms with E-state index < -0.39 is 25.1 Å². The topological polar surface area (TPSA) is 74.8 Å². The summed E-state index contributed by atoms with van der Waals surface area (Å²) >= 11 is 0. The summed E-state index contributed by atoms with van der Waals surface area (Å²) in [4.78, 5) is 1.48. The Kier molecular flexibility index (Phi) is 4.39. The maximum absolute atomic E-state index is 12.8. The van der Waals surface area contributed by atoms with E-state index in [0.29, 0.717) is 19.6 Å². The van der Waals surface area contributed by atoms with Gasteiger partial charge in [0.25, 0.3) is 0 Å². The zero-order chi connectivity index (χ0) is 15.8. The normalized spacial score (nSPS) is 22.3. The van der Waals surface area contributed by atoms with Gasteiger partial charge in [-0.3, -0.25) is 0 Å². The van der Waals surface area contributed by atoms with Crippen molar-refractivity contribution in [2.24, 2.45) is 0 Å². The van der Waals surface area contributed by atoms with Gasteiger partial charge in [0, 0.05) is 25.7 Å². The molecule has 1 aliphatic heterocycles. The van der Waals surface area contributed by atoms with E-state index in [4.69, 9.17) is 0 Å². The lowest BCUT2D eigenvalue weighted by Gasteiger charge is -2.36. The summed E-state index contributed by atoms with van der Waals surface area (Å²) in [6, 6.07) is 4.25. The molecule has 6 nitrogen and oxygen atoms in total. The fourth-order valence-electron chi connectivity index (χ4n) is 2.16. The molecule has 0 aromatic heterocycles. The number of benzene rings is 1. The van der Waals surface area contributed by atoms with Crippen LogP contribution in [0.25, 0.3) is 0 Å². The fourth-order valence-corrected chi connectivity index (χ4v) is 4.13. The molecule has 1 aliphatic rings. The van der Waals surface area contributed by atoms with E-state index in [2.05, 4.69) is 4.90 Å². The monoisotopic (exact) mass is 336 g/mol. The Morgan fingerprint density at radius 2 is 1.57 bits per heavy atom. The summed E-state index contributed by atoms with van der Waals surface area (Å²) in [5.74, 6) is 0. The standard InChI is InChI=1S/C12H17FN2O4S2/c1-10-9-15(8-7-14(10)2)21(18,19)12-5-3-11(4-6-12)20(13,16)17/h3-6,10H,7-9H2,1-2H3. The van der Waals surface area contributed by atoms with Crippen LogP contribution in [0.3, 0.4) is 0 Å². The first-order chi connectivity index (χ1) is 9.62. The third-order valence-corrected chi connectivity index (χ3v) is 6.38. The summed E-state index contributed by atoms with van der Waals surface area (Å²) < 4.78 is 60.6. The van der Waals surface area contributed by atoms with Crippen LogP contribution in [0.15, 0.2) is 34.1 Å². The van der Waals surface area contributed by atoms with E-state index in [0.717, 1.165) is 24.3 Å². The zero-order valence-electron chi connectivity index (χ0n) is 11.7. The molecule has 1 heterocycles. The lowest BCUT2D eigenvalue weighted by molar-refractivity contribution is 0.159. The quantitative estimate of drug-likeness (QED) is 0.759. The number of rotatable bonds is 3. The number of halogens is 1. The Bertz CT molecular complexity index is 716. The number of hydrogen-bond donors (Lipinski definition) is 0. The Balaban J connectivity index is 2.28. The second kappa shape index (κ2) is 5.64. The molecule has 0 bridgehead atoms. The molecule has 1 unspecified atom stereocenters. The van der Waals surface area contributed by atoms with Crippen LogP contribution in [0.2, 0.25) is 0 Å². The highest BCUT2D eigenvalue weighted by atomic mass is 32.3. The largest absolute Gasteiger partial charge is 0.332 e. The third-order valence-electron chi connectivity index (χ3n) is 3.67. The second-order valence-corrected chi connectivity index (χ2v) is 8.39. The van der Waals surface area contributed by atoms with Crippen molar-refractivity contribution in [1.82, 2.24) is 9.21 Å². The van der Waals surface area contributed by atoms with E-state index >= 15 is 0 Å². The Labute approximate surface area is 124 Å². The van der Waals surface area contributed by atoms with Crippen LogP contribution in [-0.2, 0) is 20.2 Å². The Morgan fingerprint density at radius 3 is 2.05 bits per heavy atom. The summed E-state index contributed by atoms with van der Waals surface area (Å²) in [6.45, 7) is 3.28. The van der Waals surface area contributed by atoms with Gasteiger partial charge in [-0.05, 0) is 38.2 Å². The molecule has 21 heavy (non-hydrogen) atoms. The van der Waals surface area contributed by atoms with Gasteiger partial charge in [0.2, 0.25) is 10.0 Å². The average Bonchev–Trinajstić information content (AvgIpc) is 2.41. The van der Waals surface area contributed by atoms with Crippen molar-refractivity contribution < 1.29 is 20.7 Å². The number of likely N-dealkylation sites (N-methyl/N-ethyl adjacent to an activating group) is 1. The minimum Gasteiger partial charge on any atom is -0.301 e. The maximum Gasteiger partial charge on any atom is 0.332 e. The molecule has 0 saturated carbocycles. The van der Waals surface area contributed by atoms with Crippen LogP contribution in [0, 0.1) is 0 Å². The summed E-state index contributed by atoms with van der Waals surface area (Å²) in [7, 11) is -6.59. The van der Waals surface area contributed by atoms with Gasteiger partial charge < -0.3 is 4.90 Å². The van der Waals surface area contributed by atoms with Crippen molar-refractivity contribution in [3.05, 3.63) is 24.3 Å². The molecule has 1 atom stereocenters. The summed E-state index contributed by atoms with van der Waals surface area (Å²) in [6.07, 6.45) is 0. The Morgan fingerprint density at radius 1 is 1.05 bits per heavy atom. The van der Waals surface area contributed by atoms with Crippen LogP contribution >= 0.6 is 0 Å². The van der Waals surface area contributed by atoms with Gasteiger partial charge in [-0.1, -0.05) is 0 Å². The van der Waals surface area contributed by atoms with Crippen molar-refractivity contribution in [2.75, 3.05) is 26.7 Å². The molecule has 1 fully saturated rings. The van der Waals surface area contributed by atoms with Crippen LogP contribution < -0.4 is 0 Å². The van der Waals surface area contributed by atoms with Gasteiger partial charge in [0.05, 0.1) is 9.79 Å². The molecule has 0 aliphatic carbocycles. The maximum atomic E-state index is 12.8. The summed E-state index contributed by atoms with van der Waals surface area (Å²) in [5.41, 5.74) is 0. The van der Waals surface area contributed by atoms with E-state index in [1.165, 1.54) is 4.31 Å². The minimum atomic E-state index is -4.82. The highest BCUT2D eigenvalue weighted by Crippen LogP contribution is 2.21. The van der Waals surface area contributed by atoms with E-state index in [1.807, 2.05) is 14.0 Å². The molecule has 0 N–H and O–H groups in total. The van der Waals surface area contributed by atoms with Crippen LogP contribution in [0.4, 0.5) is 3.89 Å². The number of nitrogens with zero attached hydrogens (tertiary/aromatic N) is 2. The predicted molar refractivity (Wildman–Crippen MR) is 75.6 cm³/mol. The minimum absolute atomic E-state index is 0.0355. The SMILES string of the molecule is CC1CN(S(=O)(=O)c2ccc(S(=O)(=O)F)cc2)CCN1C. The molecule has 118 valence electrons. The molecule has 0 amide bonds. The van der Waals surface area contributed by atoms with Crippen molar-refractivity contribution in [2.45, 2.75) is 22.8 Å². The zero-order valence-corrected chi connectivity index (χ0v) is 13.4. The van der Waals surface area contributed by atoms with Gasteiger partial charge in [-0.2, -0.15) is 12.7 Å². The molecule has 1 aromatic carbocycles. The van der Waals surface area contributed by atoms with Crippen molar-refractivity contribution in [3.63, 3.8) is 0 Å². The van der Waals surface area contributed by atoms with Gasteiger partial charge in [-0.15, -0.1) is 3.89 Å². The van der Waals surface area contributed by atoms with E-state index in [-0.39, 0.29) is 10.9 Å². The smallest absolute Gasteiger partial charge is 0.301 e. The first-order valence-corrected chi connectivity index (χ1v) is 9.20. The van der Waals surface area contributed by atoms with Gasteiger partial charge in [0.1, 0.15) is 0 Å². The third kappa shape index (κ3) is 3.42. The van der Waals surface area contributed by atoms with Gasteiger partial charge in [0.15, 0.2) is 0 Å². The first-order valence-electron chi connectivity index (χ1n) is 6.37. The highest BCUT2D eigenvalue weighted by molar-refractivity contribution is 7.89. The van der Waals surface area contributed by atoms with Crippen molar-refractivity contribution in [1.29, 1.82) is 0 Å². The predicted octanol–water partition coefficient (Wildman–Crippen LogP) is 0.669. The Hall–Kier alpha value is -1.03. The molecular formula is C12H17FN2O4S2.